The second-order valence-corrected chi connectivity index (χ2v) is 4.76. The van der Waals surface area contributed by atoms with Crippen molar-refractivity contribution in [2.24, 2.45) is 0 Å². The minimum absolute atomic E-state index is 0.373. The molecule has 1 rings (SSSR count). The number of rotatable bonds is 5. The van der Waals surface area contributed by atoms with Gasteiger partial charge in [0.15, 0.2) is 0 Å². The molecule has 0 aliphatic carbocycles. The maximum atomic E-state index is 9.56. The zero-order valence-corrected chi connectivity index (χ0v) is 11.1. The first-order valence-corrected chi connectivity index (χ1v) is 6.08. The number of ether oxygens (including phenoxy) is 1. The fourth-order valence-corrected chi connectivity index (χ4v) is 1.66. The van der Waals surface area contributed by atoms with E-state index in [9.17, 15) is 5.11 Å². The highest BCUT2D eigenvalue weighted by atomic mass is 79.9. The molecule has 1 aromatic rings. The fraction of sp³-hybridized carbons (Fsp3) is 0.500. The normalized spacial score (nSPS) is 14.6. The van der Waals surface area contributed by atoms with Crippen LogP contribution in [-0.2, 0) is 0 Å². The Hall–Kier alpha value is -0.580. The third-order valence-electron chi connectivity index (χ3n) is 2.22. The van der Waals surface area contributed by atoms with Gasteiger partial charge in [0, 0.05) is 16.5 Å². The lowest BCUT2D eigenvalue weighted by Crippen LogP contribution is -2.09. The van der Waals surface area contributed by atoms with Gasteiger partial charge in [0.2, 0.25) is 0 Å². The van der Waals surface area contributed by atoms with Crippen molar-refractivity contribution in [3.63, 3.8) is 0 Å². The molecule has 0 fully saturated rings. The maximum Gasteiger partial charge on any atom is 0.126 e. The van der Waals surface area contributed by atoms with E-state index in [-0.39, 0.29) is 6.10 Å². The minimum Gasteiger partial charge on any atom is -0.493 e. The summed E-state index contributed by atoms with van der Waals surface area (Å²) in [5.74, 6) is 0.657. The lowest BCUT2D eigenvalue weighted by molar-refractivity contribution is 0.151. The Labute approximate surface area is 104 Å². The first-order chi connectivity index (χ1) is 7.50. The van der Waals surface area contributed by atoms with Crippen molar-refractivity contribution in [1.82, 2.24) is 0 Å². The average Bonchev–Trinajstić information content (AvgIpc) is 2.16. The lowest BCUT2D eigenvalue weighted by Gasteiger charge is -2.14. The molecule has 0 aliphatic heterocycles. The number of halogens is 1. The Balaban J connectivity index is 2.72. The van der Waals surface area contributed by atoms with Crippen LogP contribution in [0.2, 0.25) is 0 Å². The molecule has 0 heterocycles. The summed E-state index contributed by atoms with van der Waals surface area (Å²) in [6.45, 7) is 3.86. The zero-order chi connectivity index (χ0) is 12.1. The van der Waals surface area contributed by atoms with E-state index in [0.717, 1.165) is 10.0 Å². The van der Waals surface area contributed by atoms with Crippen LogP contribution in [0.3, 0.4) is 0 Å². The quantitative estimate of drug-likeness (QED) is 0.876. The van der Waals surface area contributed by atoms with Crippen molar-refractivity contribution < 1.29 is 14.9 Å². The SMILES string of the molecule is CC(O)CCOc1cc(Br)ccc1[C@H](C)O. The van der Waals surface area contributed by atoms with Crippen molar-refractivity contribution in [3.05, 3.63) is 28.2 Å². The van der Waals surface area contributed by atoms with E-state index < -0.39 is 6.10 Å². The molecule has 0 radical (unpaired) electrons. The zero-order valence-electron chi connectivity index (χ0n) is 9.48. The summed E-state index contributed by atoms with van der Waals surface area (Å²) in [6, 6.07) is 5.51. The predicted molar refractivity (Wildman–Crippen MR) is 66.6 cm³/mol. The summed E-state index contributed by atoms with van der Waals surface area (Å²) in [6.07, 6.45) is -0.358. The Bertz CT molecular complexity index is 337. The molecule has 0 amide bonds. The lowest BCUT2D eigenvalue weighted by atomic mass is 10.1. The van der Waals surface area contributed by atoms with Crippen molar-refractivity contribution in [2.45, 2.75) is 32.5 Å². The molecule has 16 heavy (non-hydrogen) atoms. The van der Waals surface area contributed by atoms with Gasteiger partial charge in [-0.3, -0.25) is 0 Å². The van der Waals surface area contributed by atoms with Gasteiger partial charge >= 0.3 is 0 Å². The van der Waals surface area contributed by atoms with Gasteiger partial charge in [-0.2, -0.15) is 0 Å². The van der Waals surface area contributed by atoms with Crippen LogP contribution in [0.5, 0.6) is 5.75 Å². The van der Waals surface area contributed by atoms with Crippen LogP contribution < -0.4 is 4.74 Å². The Morgan fingerprint density at radius 2 is 2.00 bits per heavy atom. The molecule has 3 nitrogen and oxygen atoms in total. The van der Waals surface area contributed by atoms with Gasteiger partial charge in [0.05, 0.1) is 18.8 Å². The summed E-state index contributed by atoms with van der Waals surface area (Å²) >= 11 is 3.36. The Kier molecular flexibility index (Phi) is 5.25. The summed E-state index contributed by atoms with van der Waals surface area (Å²) in [5, 5.41) is 18.7. The van der Waals surface area contributed by atoms with E-state index in [1.807, 2.05) is 18.2 Å². The van der Waals surface area contributed by atoms with Gasteiger partial charge in [-0.15, -0.1) is 0 Å². The van der Waals surface area contributed by atoms with Crippen LogP contribution in [-0.4, -0.2) is 22.9 Å². The van der Waals surface area contributed by atoms with Crippen LogP contribution in [0, 0.1) is 0 Å². The van der Waals surface area contributed by atoms with Gasteiger partial charge in [0.1, 0.15) is 5.75 Å². The first-order valence-electron chi connectivity index (χ1n) is 5.29. The van der Waals surface area contributed by atoms with E-state index in [1.54, 1.807) is 13.8 Å². The molecule has 2 N–H and O–H groups in total. The number of hydrogen-bond donors (Lipinski definition) is 2. The van der Waals surface area contributed by atoms with Gasteiger partial charge in [-0.1, -0.05) is 22.0 Å². The van der Waals surface area contributed by atoms with Gasteiger partial charge in [-0.25, -0.2) is 0 Å². The summed E-state index contributed by atoms with van der Waals surface area (Å²) in [7, 11) is 0. The number of benzene rings is 1. The molecule has 4 heteroatoms. The highest BCUT2D eigenvalue weighted by Crippen LogP contribution is 2.28. The van der Waals surface area contributed by atoms with Gasteiger partial charge in [-0.05, 0) is 26.0 Å². The largest absolute Gasteiger partial charge is 0.493 e. The summed E-state index contributed by atoms with van der Waals surface area (Å²) < 4.78 is 6.45. The Morgan fingerprint density at radius 3 is 2.56 bits per heavy atom. The second kappa shape index (κ2) is 6.23. The van der Waals surface area contributed by atoms with E-state index in [1.165, 1.54) is 0 Å². The molecular formula is C12H17BrO3. The van der Waals surface area contributed by atoms with Crippen LogP contribution in [0.1, 0.15) is 31.9 Å². The minimum atomic E-state index is -0.561. The van der Waals surface area contributed by atoms with Crippen LogP contribution in [0.15, 0.2) is 22.7 Å². The molecule has 0 aliphatic rings. The standard InChI is InChI=1S/C12H17BrO3/c1-8(14)5-6-16-12-7-10(13)3-4-11(12)9(2)15/h3-4,7-9,14-15H,5-6H2,1-2H3/t8?,9-/m0/s1. The topological polar surface area (TPSA) is 49.7 Å². The maximum absolute atomic E-state index is 9.56. The molecule has 2 atom stereocenters. The van der Waals surface area contributed by atoms with Crippen molar-refractivity contribution in [1.29, 1.82) is 0 Å². The van der Waals surface area contributed by atoms with E-state index in [2.05, 4.69) is 15.9 Å². The van der Waals surface area contributed by atoms with E-state index in [0.29, 0.717) is 18.8 Å². The third-order valence-corrected chi connectivity index (χ3v) is 2.71. The molecule has 0 spiro atoms. The van der Waals surface area contributed by atoms with Crippen molar-refractivity contribution in [3.8, 4) is 5.75 Å². The molecule has 0 bridgehead atoms. The molecule has 90 valence electrons. The molecule has 1 aromatic carbocycles. The first kappa shape index (κ1) is 13.5. The number of aliphatic hydroxyl groups is 2. The van der Waals surface area contributed by atoms with Crippen LogP contribution in [0.25, 0.3) is 0 Å². The van der Waals surface area contributed by atoms with E-state index >= 15 is 0 Å². The second-order valence-electron chi connectivity index (χ2n) is 3.84. The predicted octanol–water partition coefficient (Wildman–Crippen LogP) is 2.65. The summed E-state index contributed by atoms with van der Waals surface area (Å²) in [4.78, 5) is 0. The molecular weight excluding hydrogens is 272 g/mol. The molecule has 0 saturated carbocycles. The van der Waals surface area contributed by atoms with Crippen molar-refractivity contribution in [2.75, 3.05) is 6.61 Å². The van der Waals surface area contributed by atoms with Gasteiger partial charge < -0.3 is 14.9 Å². The third kappa shape index (κ3) is 4.12. The van der Waals surface area contributed by atoms with E-state index in [4.69, 9.17) is 9.84 Å². The number of hydrogen-bond acceptors (Lipinski definition) is 3. The van der Waals surface area contributed by atoms with Crippen LogP contribution in [0.4, 0.5) is 0 Å². The molecule has 0 saturated heterocycles. The van der Waals surface area contributed by atoms with Crippen molar-refractivity contribution >= 4 is 15.9 Å². The fourth-order valence-electron chi connectivity index (χ4n) is 1.32. The highest BCUT2D eigenvalue weighted by Gasteiger charge is 2.09. The van der Waals surface area contributed by atoms with Gasteiger partial charge in [0.25, 0.3) is 0 Å². The number of aliphatic hydroxyl groups excluding tert-OH is 2. The summed E-state index contributed by atoms with van der Waals surface area (Å²) in [5.41, 5.74) is 0.758. The average molecular weight is 289 g/mol. The monoisotopic (exact) mass is 288 g/mol. The highest BCUT2D eigenvalue weighted by molar-refractivity contribution is 9.10. The Morgan fingerprint density at radius 1 is 1.31 bits per heavy atom. The smallest absolute Gasteiger partial charge is 0.126 e. The van der Waals surface area contributed by atoms with Crippen LogP contribution >= 0.6 is 15.9 Å². The molecule has 1 unspecified atom stereocenters. The molecule has 0 aromatic heterocycles.